The Balaban J connectivity index is 1.93. The van der Waals surface area contributed by atoms with Crippen molar-refractivity contribution in [1.29, 1.82) is 0 Å². The van der Waals surface area contributed by atoms with Crippen LogP contribution in [0.3, 0.4) is 0 Å². The molecule has 2 aromatic rings. The molecule has 0 radical (unpaired) electrons. The van der Waals surface area contributed by atoms with E-state index in [1.54, 1.807) is 19.1 Å². The van der Waals surface area contributed by atoms with Crippen LogP contribution in [0.25, 0.3) is 0 Å². The molecule has 0 aliphatic heterocycles. The summed E-state index contributed by atoms with van der Waals surface area (Å²) in [4.78, 5) is 20.3. The molecular formula is C12H14ClN5OS. The maximum atomic E-state index is 12.0. The monoisotopic (exact) mass is 311 g/mol. The first kappa shape index (κ1) is 14.8. The van der Waals surface area contributed by atoms with Gasteiger partial charge in [-0.05, 0) is 19.1 Å². The molecule has 0 fully saturated rings. The lowest BCUT2D eigenvalue weighted by Gasteiger charge is -2.09. The highest BCUT2D eigenvalue weighted by molar-refractivity contribution is 8.00. The van der Waals surface area contributed by atoms with Crippen LogP contribution >= 0.6 is 23.4 Å². The van der Waals surface area contributed by atoms with E-state index in [-0.39, 0.29) is 11.2 Å². The fourth-order valence-electron chi connectivity index (χ4n) is 1.38. The predicted octanol–water partition coefficient (Wildman–Crippen LogP) is 2.53. The van der Waals surface area contributed by atoms with Gasteiger partial charge in [-0.15, -0.1) is 5.10 Å². The van der Waals surface area contributed by atoms with Crippen LogP contribution in [-0.2, 0) is 11.2 Å². The predicted molar refractivity (Wildman–Crippen MR) is 79.0 cm³/mol. The number of nitrogens with one attached hydrogen (secondary N) is 2. The minimum Gasteiger partial charge on any atom is -0.310 e. The fraction of sp³-hybridized carbons (Fsp3) is 0.333. The molecule has 20 heavy (non-hydrogen) atoms. The fourth-order valence-corrected chi connectivity index (χ4v) is 2.23. The average molecular weight is 312 g/mol. The maximum absolute atomic E-state index is 12.0. The Morgan fingerprint density at radius 2 is 2.35 bits per heavy atom. The number of hydrogen-bond acceptors (Lipinski definition) is 5. The highest BCUT2D eigenvalue weighted by Crippen LogP contribution is 2.20. The minimum absolute atomic E-state index is 0.160. The number of aryl methyl sites for hydroxylation is 1. The molecule has 2 heterocycles. The number of aromatic amines is 1. The summed E-state index contributed by atoms with van der Waals surface area (Å²) in [5.74, 6) is 1.11. The number of amides is 1. The number of pyridine rings is 1. The number of hydrogen-bond donors (Lipinski definition) is 2. The summed E-state index contributed by atoms with van der Waals surface area (Å²) in [6, 6.07) is 3.32. The zero-order chi connectivity index (χ0) is 14.5. The lowest BCUT2D eigenvalue weighted by Crippen LogP contribution is -2.23. The highest BCUT2D eigenvalue weighted by Gasteiger charge is 2.17. The van der Waals surface area contributed by atoms with Gasteiger partial charge in [-0.3, -0.25) is 9.89 Å². The van der Waals surface area contributed by atoms with Crippen molar-refractivity contribution in [2.75, 3.05) is 5.32 Å². The van der Waals surface area contributed by atoms with Gasteiger partial charge in [0, 0.05) is 12.6 Å². The van der Waals surface area contributed by atoms with Gasteiger partial charge in [0.25, 0.3) is 0 Å². The smallest absolute Gasteiger partial charge is 0.238 e. The first-order chi connectivity index (χ1) is 9.58. The van der Waals surface area contributed by atoms with Crippen molar-refractivity contribution in [2.24, 2.45) is 0 Å². The Hall–Kier alpha value is -1.60. The normalized spacial score (nSPS) is 12.2. The largest absolute Gasteiger partial charge is 0.310 e. The summed E-state index contributed by atoms with van der Waals surface area (Å²) >= 11 is 7.03. The van der Waals surface area contributed by atoms with Gasteiger partial charge in [0.1, 0.15) is 11.6 Å². The second kappa shape index (κ2) is 6.71. The van der Waals surface area contributed by atoms with Crippen molar-refractivity contribution in [2.45, 2.75) is 30.7 Å². The molecule has 0 saturated carbocycles. The summed E-state index contributed by atoms with van der Waals surface area (Å²) < 4.78 is 0. The Morgan fingerprint density at radius 3 is 2.95 bits per heavy atom. The van der Waals surface area contributed by atoms with E-state index < -0.39 is 0 Å². The van der Waals surface area contributed by atoms with E-state index in [0.717, 1.165) is 12.2 Å². The number of thioether (sulfide) groups is 1. The van der Waals surface area contributed by atoms with Crippen molar-refractivity contribution in [1.82, 2.24) is 20.2 Å². The SMILES string of the molecule is CCc1nc(S[C@H](C)C(=O)Nc2ccc(Cl)cn2)n[nH]1. The molecule has 0 aromatic carbocycles. The van der Waals surface area contributed by atoms with Gasteiger partial charge in [-0.2, -0.15) is 0 Å². The third-order valence-electron chi connectivity index (χ3n) is 2.48. The van der Waals surface area contributed by atoms with Crippen molar-refractivity contribution in [3.05, 3.63) is 29.2 Å². The van der Waals surface area contributed by atoms with Gasteiger partial charge in [0.2, 0.25) is 11.1 Å². The zero-order valence-corrected chi connectivity index (χ0v) is 12.6. The van der Waals surface area contributed by atoms with E-state index in [1.165, 1.54) is 18.0 Å². The summed E-state index contributed by atoms with van der Waals surface area (Å²) in [5.41, 5.74) is 0. The molecular weight excluding hydrogens is 298 g/mol. The molecule has 8 heteroatoms. The quantitative estimate of drug-likeness (QED) is 0.829. The molecule has 0 unspecified atom stereocenters. The van der Waals surface area contributed by atoms with Gasteiger partial charge in [0.15, 0.2) is 0 Å². The van der Waals surface area contributed by atoms with E-state index in [2.05, 4.69) is 25.5 Å². The Morgan fingerprint density at radius 1 is 1.55 bits per heavy atom. The van der Waals surface area contributed by atoms with Gasteiger partial charge >= 0.3 is 0 Å². The molecule has 0 aliphatic rings. The topological polar surface area (TPSA) is 83.6 Å². The number of carbonyl (C=O) groups is 1. The molecule has 0 aliphatic carbocycles. The van der Waals surface area contributed by atoms with Crippen molar-refractivity contribution in [3.63, 3.8) is 0 Å². The summed E-state index contributed by atoms with van der Waals surface area (Å²) in [6.07, 6.45) is 2.26. The van der Waals surface area contributed by atoms with Crippen LogP contribution in [0.15, 0.2) is 23.5 Å². The van der Waals surface area contributed by atoms with Crippen molar-refractivity contribution >= 4 is 35.1 Å². The maximum Gasteiger partial charge on any atom is 0.238 e. The molecule has 0 spiro atoms. The van der Waals surface area contributed by atoms with Crippen molar-refractivity contribution in [3.8, 4) is 0 Å². The second-order valence-corrected chi connectivity index (χ2v) is 5.77. The first-order valence-electron chi connectivity index (χ1n) is 6.09. The van der Waals surface area contributed by atoms with E-state index in [9.17, 15) is 4.79 Å². The zero-order valence-electron chi connectivity index (χ0n) is 11.1. The number of rotatable bonds is 5. The Labute approximate surface area is 125 Å². The summed E-state index contributed by atoms with van der Waals surface area (Å²) in [7, 11) is 0. The minimum atomic E-state index is -0.326. The lowest BCUT2D eigenvalue weighted by atomic mass is 10.4. The van der Waals surface area contributed by atoms with E-state index >= 15 is 0 Å². The molecule has 2 N–H and O–H groups in total. The molecule has 0 saturated heterocycles. The molecule has 1 amide bonds. The number of anilines is 1. The van der Waals surface area contributed by atoms with Crippen LogP contribution in [0.2, 0.25) is 5.02 Å². The molecule has 1 atom stereocenters. The summed E-state index contributed by atoms with van der Waals surface area (Å²) in [6.45, 7) is 3.77. The van der Waals surface area contributed by atoms with Crippen LogP contribution in [0.4, 0.5) is 5.82 Å². The standard InChI is InChI=1S/C12H14ClN5OS/c1-3-9-16-12(18-17-9)20-7(2)11(19)15-10-5-4-8(13)6-14-10/h4-7H,3H2,1-2H3,(H,14,15,19)(H,16,17,18)/t7-/m1/s1. The van der Waals surface area contributed by atoms with Gasteiger partial charge in [-0.25, -0.2) is 9.97 Å². The molecule has 6 nitrogen and oxygen atoms in total. The van der Waals surface area contributed by atoms with Crippen molar-refractivity contribution < 1.29 is 4.79 Å². The number of H-pyrrole nitrogens is 1. The Bertz CT molecular complexity index is 586. The van der Waals surface area contributed by atoms with Crippen LogP contribution in [-0.4, -0.2) is 31.3 Å². The molecule has 2 aromatic heterocycles. The molecule has 106 valence electrons. The highest BCUT2D eigenvalue weighted by atomic mass is 35.5. The van der Waals surface area contributed by atoms with Crippen LogP contribution in [0.1, 0.15) is 19.7 Å². The van der Waals surface area contributed by atoms with Gasteiger partial charge in [0.05, 0.1) is 10.3 Å². The van der Waals surface area contributed by atoms with E-state index in [1.807, 2.05) is 6.92 Å². The van der Waals surface area contributed by atoms with Crippen LogP contribution in [0.5, 0.6) is 0 Å². The lowest BCUT2D eigenvalue weighted by molar-refractivity contribution is -0.115. The molecule has 2 rings (SSSR count). The number of carbonyl (C=O) groups excluding carboxylic acids is 1. The van der Waals surface area contributed by atoms with Crippen LogP contribution in [0, 0.1) is 0 Å². The van der Waals surface area contributed by atoms with Gasteiger partial charge in [-0.1, -0.05) is 30.3 Å². The number of nitrogens with zero attached hydrogens (tertiary/aromatic N) is 3. The summed E-state index contributed by atoms with van der Waals surface area (Å²) in [5, 5.41) is 10.3. The second-order valence-electron chi connectivity index (χ2n) is 4.03. The third-order valence-corrected chi connectivity index (χ3v) is 3.66. The van der Waals surface area contributed by atoms with Gasteiger partial charge < -0.3 is 5.32 Å². The van der Waals surface area contributed by atoms with E-state index in [4.69, 9.17) is 11.6 Å². The third kappa shape index (κ3) is 3.94. The molecule has 0 bridgehead atoms. The average Bonchev–Trinajstić information content (AvgIpc) is 2.89. The number of aromatic nitrogens is 4. The first-order valence-corrected chi connectivity index (χ1v) is 7.34. The van der Waals surface area contributed by atoms with Crippen LogP contribution < -0.4 is 5.32 Å². The Kier molecular flexibility index (Phi) is 4.97. The van der Waals surface area contributed by atoms with E-state index in [0.29, 0.717) is 16.0 Å². The number of halogens is 1.